The molecule has 0 radical (unpaired) electrons. The largest absolute Gasteiger partial charge is 0.307 e. The lowest BCUT2D eigenvalue weighted by Gasteiger charge is -2.15. The summed E-state index contributed by atoms with van der Waals surface area (Å²) in [6.45, 7) is 11.6. The molecule has 0 aliphatic rings. The second-order valence-electron chi connectivity index (χ2n) is 5.82. The Labute approximate surface area is 120 Å². The molecule has 5 heteroatoms. The standard InChI is InChI=1S/C15H23N5/c1-10(2)9-16-13(5)15-17-18-19-20(15)14-7-11(3)6-12(4)8-14/h6-8,10,13,16H,9H2,1-5H3. The van der Waals surface area contributed by atoms with E-state index >= 15 is 0 Å². The number of aromatic nitrogens is 4. The van der Waals surface area contributed by atoms with E-state index in [0.717, 1.165) is 18.1 Å². The molecule has 0 spiro atoms. The van der Waals surface area contributed by atoms with Crippen LogP contribution < -0.4 is 5.32 Å². The van der Waals surface area contributed by atoms with Crippen molar-refractivity contribution in [1.29, 1.82) is 0 Å². The highest BCUT2D eigenvalue weighted by Gasteiger charge is 2.16. The maximum Gasteiger partial charge on any atom is 0.173 e. The molecule has 1 unspecified atom stereocenters. The van der Waals surface area contributed by atoms with Crippen molar-refractivity contribution in [3.63, 3.8) is 0 Å². The fraction of sp³-hybridized carbons (Fsp3) is 0.533. The number of rotatable bonds is 5. The van der Waals surface area contributed by atoms with E-state index in [4.69, 9.17) is 0 Å². The van der Waals surface area contributed by atoms with E-state index in [0.29, 0.717) is 5.92 Å². The van der Waals surface area contributed by atoms with Gasteiger partial charge in [-0.25, -0.2) is 0 Å². The third-order valence-electron chi connectivity index (χ3n) is 3.16. The first-order chi connectivity index (χ1) is 9.47. The highest BCUT2D eigenvalue weighted by Crippen LogP contribution is 2.17. The fourth-order valence-corrected chi connectivity index (χ4v) is 2.22. The Balaban J connectivity index is 2.27. The average molecular weight is 273 g/mol. The highest BCUT2D eigenvalue weighted by atomic mass is 15.5. The Hall–Kier alpha value is -1.75. The number of nitrogens with zero attached hydrogens (tertiary/aromatic N) is 4. The van der Waals surface area contributed by atoms with Crippen LogP contribution in [0.25, 0.3) is 5.69 Å². The molecular weight excluding hydrogens is 250 g/mol. The van der Waals surface area contributed by atoms with Crippen molar-refractivity contribution in [2.75, 3.05) is 6.54 Å². The second kappa shape index (κ2) is 6.13. The summed E-state index contributed by atoms with van der Waals surface area (Å²) in [7, 11) is 0. The molecule has 0 saturated carbocycles. The first-order valence-corrected chi connectivity index (χ1v) is 7.07. The first-order valence-electron chi connectivity index (χ1n) is 7.07. The van der Waals surface area contributed by atoms with Crippen LogP contribution in [0.15, 0.2) is 18.2 Å². The lowest BCUT2D eigenvalue weighted by molar-refractivity contribution is 0.475. The van der Waals surface area contributed by atoms with Gasteiger partial charge in [-0.2, -0.15) is 4.68 Å². The SMILES string of the molecule is Cc1cc(C)cc(-n2nnnc2C(C)NCC(C)C)c1. The van der Waals surface area contributed by atoms with Crippen LogP contribution in [-0.2, 0) is 0 Å². The Bertz CT molecular complexity index is 553. The highest BCUT2D eigenvalue weighted by molar-refractivity contribution is 5.39. The van der Waals surface area contributed by atoms with E-state index in [2.05, 4.69) is 73.7 Å². The summed E-state index contributed by atoms with van der Waals surface area (Å²) in [5.74, 6) is 1.44. The van der Waals surface area contributed by atoms with E-state index in [9.17, 15) is 0 Å². The zero-order valence-electron chi connectivity index (χ0n) is 12.9. The number of nitrogens with one attached hydrogen (secondary N) is 1. The normalized spacial score (nSPS) is 12.9. The van der Waals surface area contributed by atoms with E-state index in [1.165, 1.54) is 11.1 Å². The van der Waals surface area contributed by atoms with Gasteiger partial charge in [0.2, 0.25) is 0 Å². The van der Waals surface area contributed by atoms with Crippen LogP contribution in [0.2, 0.25) is 0 Å². The Morgan fingerprint density at radius 2 is 1.75 bits per heavy atom. The van der Waals surface area contributed by atoms with Gasteiger partial charge in [-0.3, -0.25) is 0 Å². The third-order valence-corrected chi connectivity index (χ3v) is 3.16. The quantitative estimate of drug-likeness (QED) is 0.909. The number of benzene rings is 1. The summed E-state index contributed by atoms with van der Waals surface area (Å²) in [5.41, 5.74) is 3.44. The van der Waals surface area contributed by atoms with Gasteiger partial charge in [-0.1, -0.05) is 19.9 Å². The van der Waals surface area contributed by atoms with Gasteiger partial charge in [-0.15, -0.1) is 5.10 Å². The molecular formula is C15H23N5. The maximum absolute atomic E-state index is 4.17. The first kappa shape index (κ1) is 14.7. The summed E-state index contributed by atoms with van der Waals surface area (Å²) < 4.78 is 1.82. The van der Waals surface area contributed by atoms with E-state index < -0.39 is 0 Å². The number of aryl methyl sites for hydroxylation is 2. The molecule has 108 valence electrons. The second-order valence-corrected chi connectivity index (χ2v) is 5.82. The van der Waals surface area contributed by atoms with Crippen molar-refractivity contribution in [2.45, 2.75) is 40.7 Å². The van der Waals surface area contributed by atoms with Crippen LogP contribution in [0, 0.1) is 19.8 Å². The minimum atomic E-state index is 0.119. The van der Waals surface area contributed by atoms with Gasteiger partial charge in [0.1, 0.15) is 0 Å². The van der Waals surface area contributed by atoms with Crippen LogP contribution in [0.5, 0.6) is 0 Å². The van der Waals surface area contributed by atoms with Gasteiger partial charge in [0.15, 0.2) is 5.82 Å². The molecule has 1 aromatic heterocycles. The van der Waals surface area contributed by atoms with Gasteiger partial charge in [-0.05, 0) is 66.9 Å². The van der Waals surface area contributed by atoms with E-state index in [-0.39, 0.29) is 6.04 Å². The number of hydrogen-bond acceptors (Lipinski definition) is 4. The van der Waals surface area contributed by atoms with Crippen molar-refractivity contribution in [3.8, 4) is 5.69 Å². The molecule has 0 aliphatic carbocycles. The van der Waals surface area contributed by atoms with Crippen LogP contribution in [0.4, 0.5) is 0 Å². The minimum Gasteiger partial charge on any atom is -0.307 e. The molecule has 1 N–H and O–H groups in total. The number of tetrazole rings is 1. The van der Waals surface area contributed by atoms with Gasteiger partial charge in [0.05, 0.1) is 11.7 Å². The minimum absolute atomic E-state index is 0.119. The molecule has 0 bridgehead atoms. The van der Waals surface area contributed by atoms with Crippen LogP contribution in [0.1, 0.15) is 43.8 Å². The molecule has 1 heterocycles. The van der Waals surface area contributed by atoms with Gasteiger partial charge >= 0.3 is 0 Å². The van der Waals surface area contributed by atoms with Crippen molar-refractivity contribution < 1.29 is 0 Å². The molecule has 20 heavy (non-hydrogen) atoms. The molecule has 0 amide bonds. The van der Waals surface area contributed by atoms with Crippen molar-refractivity contribution in [3.05, 3.63) is 35.2 Å². The zero-order valence-corrected chi connectivity index (χ0v) is 12.9. The van der Waals surface area contributed by atoms with Crippen molar-refractivity contribution in [1.82, 2.24) is 25.5 Å². The van der Waals surface area contributed by atoms with Gasteiger partial charge in [0, 0.05) is 0 Å². The topological polar surface area (TPSA) is 55.6 Å². The molecule has 1 aromatic carbocycles. The van der Waals surface area contributed by atoms with E-state index in [1.54, 1.807) is 0 Å². The summed E-state index contributed by atoms with van der Waals surface area (Å²) >= 11 is 0. The van der Waals surface area contributed by atoms with Crippen molar-refractivity contribution in [2.24, 2.45) is 5.92 Å². The summed E-state index contributed by atoms with van der Waals surface area (Å²) in [5, 5.41) is 15.6. The predicted molar refractivity (Wildman–Crippen MR) is 79.9 cm³/mol. The summed E-state index contributed by atoms with van der Waals surface area (Å²) in [4.78, 5) is 0. The fourth-order valence-electron chi connectivity index (χ4n) is 2.22. The molecule has 1 atom stereocenters. The van der Waals surface area contributed by atoms with Crippen LogP contribution >= 0.6 is 0 Å². The lowest BCUT2D eigenvalue weighted by atomic mass is 10.1. The smallest absolute Gasteiger partial charge is 0.173 e. The monoisotopic (exact) mass is 273 g/mol. The Kier molecular flexibility index (Phi) is 4.49. The Morgan fingerprint density at radius 1 is 1.10 bits per heavy atom. The molecule has 0 saturated heterocycles. The maximum atomic E-state index is 4.17. The molecule has 2 rings (SSSR count). The molecule has 0 fully saturated rings. The zero-order chi connectivity index (χ0) is 14.7. The molecule has 0 aliphatic heterocycles. The van der Waals surface area contributed by atoms with Crippen LogP contribution in [0.3, 0.4) is 0 Å². The Morgan fingerprint density at radius 3 is 2.35 bits per heavy atom. The molecule has 2 aromatic rings. The van der Waals surface area contributed by atoms with Gasteiger partial charge in [0.25, 0.3) is 0 Å². The number of hydrogen-bond donors (Lipinski definition) is 1. The third kappa shape index (κ3) is 3.42. The van der Waals surface area contributed by atoms with Crippen LogP contribution in [-0.4, -0.2) is 26.8 Å². The van der Waals surface area contributed by atoms with E-state index in [1.807, 2.05) is 4.68 Å². The lowest BCUT2D eigenvalue weighted by Crippen LogP contribution is -2.25. The molecule has 5 nitrogen and oxygen atoms in total. The summed E-state index contributed by atoms with van der Waals surface area (Å²) in [6.07, 6.45) is 0. The van der Waals surface area contributed by atoms with Crippen molar-refractivity contribution >= 4 is 0 Å². The summed E-state index contributed by atoms with van der Waals surface area (Å²) in [6, 6.07) is 6.46. The van der Waals surface area contributed by atoms with Gasteiger partial charge < -0.3 is 5.32 Å². The predicted octanol–water partition coefficient (Wildman–Crippen LogP) is 2.59. The average Bonchev–Trinajstić information content (AvgIpc) is 2.83.